The van der Waals surface area contributed by atoms with Crippen molar-refractivity contribution in [1.29, 1.82) is 0 Å². The predicted octanol–water partition coefficient (Wildman–Crippen LogP) is 10.4. The maximum atomic E-state index is 2.55. The molecule has 0 N–H and O–H groups in total. The highest BCUT2D eigenvalue weighted by Crippen LogP contribution is 2.65. The van der Waals surface area contributed by atoms with E-state index in [1.807, 2.05) is 0 Å². The normalized spacial score (nSPS) is 13.4. The lowest BCUT2D eigenvalue weighted by Crippen LogP contribution is -2.45. The molecule has 6 aromatic carbocycles. The van der Waals surface area contributed by atoms with Crippen LogP contribution in [-0.2, 0) is 0 Å². The van der Waals surface area contributed by atoms with Gasteiger partial charge in [0.15, 0.2) is 0 Å². The fourth-order valence-corrected chi connectivity index (χ4v) is 13.8. The Kier molecular flexibility index (Phi) is 9.99. The largest absolute Gasteiger partial charge is 0.0622 e. The summed E-state index contributed by atoms with van der Waals surface area (Å²) in [6.45, 7) is 10.2. The smallest absolute Gasteiger partial charge is 0.00123 e. The third kappa shape index (κ3) is 6.67. The summed E-state index contributed by atoms with van der Waals surface area (Å²) in [5.41, 5.74) is 2.81. The molecule has 0 saturated heterocycles. The molecule has 6 rings (SSSR count). The molecule has 0 aliphatic rings. The lowest BCUT2D eigenvalue weighted by molar-refractivity contribution is 0.389. The Bertz CT molecular complexity index is 1550. The van der Waals surface area contributed by atoms with Gasteiger partial charge in [-0.1, -0.05) is 210 Å². The van der Waals surface area contributed by atoms with E-state index in [4.69, 9.17) is 0 Å². The molecule has 230 valence electrons. The molecule has 0 heterocycles. The van der Waals surface area contributed by atoms with E-state index in [2.05, 4.69) is 210 Å². The van der Waals surface area contributed by atoms with Gasteiger partial charge in [0.1, 0.15) is 0 Å². The van der Waals surface area contributed by atoms with Gasteiger partial charge in [0.2, 0.25) is 0 Å². The van der Waals surface area contributed by atoms with Gasteiger partial charge >= 0.3 is 0 Å². The average Bonchev–Trinajstić information content (AvgIpc) is 3.09. The van der Waals surface area contributed by atoms with Gasteiger partial charge in [-0.2, -0.15) is 0 Å². The van der Waals surface area contributed by atoms with Crippen LogP contribution in [0, 0.1) is 0 Å². The third-order valence-corrected chi connectivity index (χ3v) is 15.5. The summed E-state index contributed by atoms with van der Waals surface area (Å²) in [5.74, 6) is 0.435. The molecule has 0 fully saturated rings. The summed E-state index contributed by atoms with van der Waals surface area (Å²) in [7, 11) is -1.50. The second kappa shape index (κ2) is 14.3. The van der Waals surface area contributed by atoms with Crippen LogP contribution in [0.5, 0.6) is 0 Å². The predicted molar refractivity (Wildman–Crippen MR) is 205 cm³/mol. The van der Waals surface area contributed by atoms with Crippen LogP contribution in [0.2, 0.25) is 0 Å². The molecule has 2 heteroatoms. The van der Waals surface area contributed by atoms with Crippen molar-refractivity contribution in [3.05, 3.63) is 193 Å². The van der Waals surface area contributed by atoms with Crippen molar-refractivity contribution in [2.45, 2.75) is 49.8 Å². The molecule has 0 aliphatic heterocycles. The lowest BCUT2D eigenvalue weighted by atomic mass is 9.69. The summed E-state index contributed by atoms with van der Waals surface area (Å²) in [5, 5.41) is 5.46. The summed E-state index contributed by atoms with van der Waals surface area (Å²) in [6, 6.07) is 67.9. The van der Waals surface area contributed by atoms with Gasteiger partial charge in [0, 0.05) is 22.1 Å². The van der Waals surface area contributed by atoms with Gasteiger partial charge in [0.05, 0.1) is 0 Å². The van der Waals surface area contributed by atoms with Crippen LogP contribution >= 0.6 is 15.8 Å². The fourth-order valence-electron chi connectivity index (χ4n) is 7.55. The molecule has 0 spiro atoms. The molecule has 0 bridgehead atoms. The maximum absolute atomic E-state index is 2.55. The molecule has 0 aromatic heterocycles. The molecule has 46 heavy (non-hydrogen) atoms. The Balaban J connectivity index is 1.64. The molecule has 0 nitrogen and oxygen atoms in total. The highest BCUT2D eigenvalue weighted by atomic mass is 31.1. The van der Waals surface area contributed by atoms with E-state index in [9.17, 15) is 0 Å². The maximum Gasteiger partial charge on any atom is 0.00123 e. The van der Waals surface area contributed by atoms with Crippen molar-refractivity contribution in [1.82, 2.24) is 0 Å². The minimum atomic E-state index is -0.748. The van der Waals surface area contributed by atoms with Gasteiger partial charge in [-0.3, -0.25) is 0 Å². The number of rotatable bonds is 11. The molecule has 6 aromatic rings. The summed E-state index contributed by atoms with van der Waals surface area (Å²) in [4.78, 5) is 0. The first-order chi connectivity index (χ1) is 22.4. The average molecular weight is 635 g/mol. The Morgan fingerprint density at radius 3 is 0.717 bits per heavy atom. The minimum absolute atomic E-state index is 0.119. The monoisotopic (exact) mass is 634 g/mol. The SMILES string of the molecule is CC(C)(C(c1ccccc1)[C@H](c1ccccc1)C(C)(C)P(c1ccccc1)c1ccccc1)P(c1ccccc1)c1ccccc1. The Morgan fingerprint density at radius 2 is 0.500 bits per heavy atom. The standard InChI is InChI=1S/C44H44P2/c1-43(2,45(37-27-15-7-16-28-37)38-29-17-8-18-30-38)41(35-23-11-5-12-24-35)42(36-25-13-6-14-26-36)44(3,4)46(39-31-19-9-20-32-39)40-33-21-10-22-34-40/h5-34,41-42H,1-4H3/t41-,42?/m0/s1. The molecule has 2 atom stereocenters. The van der Waals surface area contributed by atoms with Crippen molar-refractivity contribution in [2.75, 3.05) is 0 Å². The molecule has 0 saturated carbocycles. The number of hydrogen-bond acceptors (Lipinski definition) is 0. The van der Waals surface area contributed by atoms with Crippen molar-refractivity contribution in [3.63, 3.8) is 0 Å². The second-order valence-electron chi connectivity index (χ2n) is 13.1. The first kappa shape index (κ1) is 32.1. The molecule has 0 radical (unpaired) electrons. The van der Waals surface area contributed by atoms with Gasteiger partial charge in [-0.25, -0.2) is 0 Å². The van der Waals surface area contributed by atoms with E-state index in [1.165, 1.54) is 32.3 Å². The van der Waals surface area contributed by atoms with Gasteiger partial charge in [0.25, 0.3) is 0 Å². The fraction of sp³-hybridized carbons (Fsp3) is 0.182. The van der Waals surface area contributed by atoms with Crippen LogP contribution < -0.4 is 21.2 Å². The van der Waals surface area contributed by atoms with E-state index < -0.39 is 15.8 Å². The van der Waals surface area contributed by atoms with Gasteiger partial charge < -0.3 is 0 Å². The van der Waals surface area contributed by atoms with Crippen molar-refractivity contribution < 1.29 is 0 Å². The molecular weight excluding hydrogens is 590 g/mol. The van der Waals surface area contributed by atoms with Crippen molar-refractivity contribution in [3.8, 4) is 0 Å². The van der Waals surface area contributed by atoms with Gasteiger partial charge in [-0.15, -0.1) is 0 Å². The number of hydrogen-bond donors (Lipinski definition) is 0. The van der Waals surface area contributed by atoms with Crippen molar-refractivity contribution in [2.24, 2.45) is 0 Å². The highest BCUT2D eigenvalue weighted by Gasteiger charge is 2.51. The van der Waals surface area contributed by atoms with Crippen LogP contribution in [0.4, 0.5) is 0 Å². The molecule has 1 unspecified atom stereocenters. The zero-order valence-corrected chi connectivity index (χ0v) is 29.2. The Labute approximate surface area is 279 Å². The molecule has 0 aliphatic carbocycles. The minimum Gasteiger partial charge on any atom is -0.0622 e. The molecular formula is C44H44P2. The zero-order valence-electron chi connectivity index (χ0n) is 27.4. The van der Waals surface area contributed by atoms with E-state index in [0.29, 0.717) is 0 Å². The topological polar surface area (TPSA) is 0 Å². The van der Waals surface area contributed by atoms with Crippen LogP contribution in [0.15, 0.2) is 182 Å². The lowest BCUT2D eigenvalue weighted by Gasteiger charge is -2.52. The summed E-state index contributed by atoms with van der Waals surface area (Å²) >= 11 is 0. The van der Waals surface area contributed by atoms with Crippen molar-refractivity contribution >= 4 is 37.1 Å². The Morgan fingerprint density at radius 1 is 0.304 bits per heavy atom. The second-order valence-corrected chi connectivity index (χ2v) is 18.8. The van der Waals surface area contributed by atoms with Crippen LogP contribution in [0.3, 0.4) is 0 Å². The zero-order chi connectivity index (χ0) is 32.0. The Hall–Kier alpha value is -3.82. The van der Waals surface area contributed by atoms with E-state index in [0.717, 1.165) is 0 Å². The first-order valence-electron chi connectivity index (χ1n) is 16.3. The number of benzene rings is 6. The highest BCUT2D eigenvalue weighted by molar-refractivity contribution is 7.75. The van der Waals surface area contributed by atoms with E-state index in [-0.39, 0.29) is 22.1 Å². The van der Waals surface area contributed by atoms with E-state index in [1.54, 1.807) is 0 Å². The van der Waals surface area contributed by atoms with Crippen LogP contribution in [0.1, 0.15) is 50.7 Å². The van der Waals surface area contributed by atoms with Crippen LogP contribution in [0.25, 0.3) is 0 Å². The molecule has 0 amide bonds. The first-order valence-corrected chi connectivity index (χ1v) is 19.0. The van der Waals surface area contributed by atoms with Gasteiger partial charge in [-0.05, 0) is 48.2 Å². The summed E-state index contributed by atoms with van der Waals surface area (Å²) < 4.78 is 0. The van der Waals surface area contributed by atoms with Crippen LogP contribution in [-0.4, -0.2) is 10.3 Å². The summed E-state index contributed by atoms with van der Waals surface area (Å²) in [6.07, 6.45) is 0. The van der Waals surface area contributed by atoms with E-state index >= 15 is 0 Å². The quantitative estimate of drug-likeness (QED) is 0.124. The third-order valence-electron chi connectivity index (χ3n) is 9.38.